The minimum Gasteiger partial charge on any atom is -0.246 e. The molecule has 0 bridgehead atoms. The molecule has 0 atom stereocenters. The second-order valence-corrected chi connectivity index (χ2v) is 15.7. The van der Waals surface area contributed by atoms with Crippen LogP contribution in [0.1, 0.15) is 0 Å². The lowest BCUT2D eigenvalue weighted by Crippen LogP contribution is -2.00. The van der Waals surface area contributed by atoms with Gasteiger partial charge in [0.15, 0.2) is 17.5 Å². The standard InChI is InChI=1S/C54H34N4S/c1-4-12-35(13-5-1)37-20-22-39(23-21-37)44-32-33-45-47(34-44)55-50(51-49(45)46-18-10-11-19-48(46)59-51)40-26-30-43(31-27-40)54-57-52(41-16-8-3-9-17-41)56-53(58-54)42-28-24-38(25-29-42)36-14-6-2-7-15-36/h1-34H. The number of thiophene rings is 1. The number of nitrogens with zero attached hydrogens (tertiary/aromatic N) is 4. The smallest absolute Gasteiger partial charge is 0.164 e. The summed E-state index contributed by atoms with van der Waals surface area (Å²) in [4.78, 5) is 20.5. The highest BCUT2D eigenvalue weighted by Crippen LogP contribution is 2.43. The number of pyridine rings is 1. The second kappa shape index (κ2) is 14.7. The van der Waals surface area contributed by atoms with Gasteiger partial charge in [-0.2, -0.15) is 0 Å². The summed E-state index contributed by atoms with van der Waals surface area (Å²) >= 11 is 1.80. The molecular formula is C54H34N4S. The van der Waals surface area contributed by atoms with Crippen molar-refractivity contribution in [1.29, 1.82) is 0 Å². The zero-order chi connectivity index (χ0) is 39.1. The Morgan fingerprint density at radius 1 is 0.288 bits per heavy atom. The molecule has 0 fully saturated rings. The highest BCUT2D eigenvalue weighted by Gasteiger charge is 2.18. The Morgan fingerprint density at radius 2 is 0.678 bits per heavy atom. The van der Waals surface area contributed by atoms with E-state index in [-0.39, 0.29) is 0 Å². The highest BCUT2D eigenvalue weighted by atomic mass is 32.1. The van der Waals surface area contributed by atoms with Crippen LogP contribution in [-0.2, 0) is 0 Å². The van der Waals surface area contributed by atoms with Crippen molar-refractivity contribution >= 4 is 42.4 Å². The van der Waals surface area contributed by atoms with E-state index in [2.05, 4.69) is 170 Å². The van der Waals surface area contributed by atoms with Crippen LogP contribution in [0.3, 0.4) is 0 Å². The maximum absolute atomic E-state index is 5.43. The first kappa shape index (κ1) is 34.6. The largest absolute Gasteiger partial charge is 0.246 e. The van der Waals surface area contributed by atoms with Crippen LogP contribution in [0.15, 0.2) is 206 Å². The third kappa shape index (κ3) is 6.54. The number of hydrogen-bond acceptors (Lipinski definition) is 5. The topological polar surface area (TPSA) is 51.6 Å². The Kier molecular flexibility index (Phi) is 8.64. The average Bonchev–Trinajstić information content (AvgIpc) is 3.72. The van der Waals surface area contributed by atoms with Crippen molar-refractivity contribution in [2.75, 3.05) is 0 Å². The van der Waals surface area contributed by atoms with Gasteiger partial charge in [0, 0.05) is 43.1 Å². The fourth-order valence-electron chi connectivity index (χ4n) is 7.92. The summed E-state index contributed by atoms with van der Waals surface area (Å²) in [6.45, 7) is 0. The molecule has 0 aliphatic carbocycles. The van der Waals surface area contributed by atoms with Crippen LogP contribution in [0.25, 0.3) is 110 Å². The van der Waals surface area contributed by atoms with Gasteiger partial charge < -0.3 is 0 Å². The van der Waals surface area contributed by atoms with Crippen molar-refractivity contribution in [3.8, 4) is 78.8 Å². The molecule has 0 aliphatic rings. The predicted octanol–water partition coefficient (Wildman–Crippen LogP) is 14.5. The molecule has 3 heterocycles. The van der Waals surface area contributed by atoms with Gasteiger partial charge >= 0.3 is 0 Å². The lowest BCUT2D eigenvalue weighted by Gasteiger charge is -2.11. The molecule has 0 aliphatic heterocycles. The Hall–Kier alpha value is -7.60. The van der Waals surface area contributed by atoms with Gasteiger partial charge in [0.25, 0.3) is 0 Å². The molecule has 11 rings (SSSR count). The van der Waals surface area contributed by atoms with E-state index < -0.39 is 0 Å². The van der Waals surface area contributed by atoms with Gasteiger partial charge in [-0.25, -0.2) is 19.9 Å². The summed E-state index contributed by atoms with van der Waals surface area (Å²) in [5.41, 5.74) is 12.8. The van der Waals surface area contributed by atoms with Crippen molar-refractivity contribution in [3.63, 3.8) is 0 Å². The lowest BCUT2D eigenvalue weighted by atomic mass is 9.97. The van der Waals surface area contributed by atoms with E-state index in [1.54, 1.807) is 11.3 Å². The Bertz CT molecular complexity index is 3270. The van der Waals surface area contributed by atoms with Crippen LogP contribution in [0.5, 0.6) is 0 Å². The van der Waals surface area contributed by atoms with Crippen molar-refractivity contribution in [3.05, 3.63) is 206 Å². The third-order valence-electron chi connectivity index (χ3n) is 11.0. The number of hydrogen-bond donors (Lipinski definition) is 0. The number of fused-ring (bicyclic) bond motifs is 5. The van der Waals surface area contributed by atoms with E-state index in [0.29, 0.717) is 17.5 Å². The first-order chi connectivity index (χ1) is 29.2. The van der Waals surface area contributed by atoms with Crippen LogP contribution in [-0.4, -0.2) is 19.9 Å². The number of rotatable bonds is 7. The molecule has 0 saturated heterocycles. The summed E-state index contributed by atoms with van der Waals surface area (Å²) in [6, 6.07) is 72.2. The van der Waals surface area contributed by atoms with Crippen LogP contribution >= 0.6 is 11.3 Å². The Balaban J connectivity index is 0.999. The van der Waals surface area contributed by atoms with Crippen molar-refractivity contribution in [1.82, 2.24) is 19.9 Å². The van der Waals surface area contributed by atoms with Gasteiger partial charge in [-0.15, -0.1) is 11.3 Å². The molecule has 11 aromatic rings. The summed E-state index contributed by atoms with van der Waals surface area (Å²) in [6.07, 6.45) is 0. The minimum atomic E-state index is 0.619. The Morgan fingerprint density at radius 3 is 1.22 bits per heavy atom. The zero-order valence-corrected chi connectivity index (χ0v) is 32.6. The fourth-order valence-corrected chi connectivity index (χ4v) is 9.15. The molecule has 8 aromatic carbocycles. The van der Waals surface area contributed by atoms with Gasteiger partial charge in [0.1, 0.15) is 0 Å². The van der Waals surface area contributed by atoms with E-state index in [4.69, 9.17) is 19.9 Å². The summed E-state index contributed by atoms with van der Waals surface area (Å²) in [5, 5.41) is 3.65. The van der Waals surface area contributed by atoms with Crippen LogP contribution in [0, 0.1) is 0 Å². The monoisotopic (exact) mass is 770 g/mol. The first-order valence-electron chi connectivity index (χ1n) is 19.7. The molecule has 0 radical (unpaired) electrons. The molecule has 0 unspecified atom stereocenters. The van der Waals surface area contributed by atoms with Crippen LogP contribution < -0.4 is 0 Å². The van der Waals surface area contributed by atoms with Crippen LogP contribution in [0.2, 0.25) is 0 Å². The van der Waals surface area contributed by atoms with E-state index in [9.17, 15) is 0 Å². The maximum Gasteiger partial charge on any atom is 0.164 e. The van der Waals surface area contributed by atoms with Crippen molar-refractivity contribution in [2.24, 2.45) is 0 Å². The van der Waals surface area contributed by atoms with E-state index >= 15 is 0 Å². The molecule has 59 heavy (non-hydrogen) atoms. The normalized spacial score (nSPS) is 11.4. The third-order valence-corrected chi connectivity index (χ3v) is 12.1. The Labute approximate surface area is 345 Å². The molecule has 3 aromatic heterocycles. The van der Waals surface area contributed by atoms with E-state index in [1.807, 2.05) is 36.4 Å². The summed E-state index contributed by atoms with van der Waals surface area (Å²) in [5.74, 6) is 1.88. The highest BCUT2D eigenvalue weighted by molar-refractivity contribution is 7.26. The molecule has 276 valence electrons. The number of benzene rings is 8. The van der Waals surface area contributed by atoms with E-state index in [0.717, 1.165) is 55.5 Å². The maximum atomic E-state index is 5.43. The van der Waals surface area contributed by atoms with Crippen LogP contribution in [0.4, 0.5) is 0 Å². The predicted molar refractivity (Wildman–Crippen MR) is 246 cm³/mol. The zero-order valence-electron chi connectivity index (χ0n) is 31.8. The second-order valence-electron chi connectivity index (χ2n) is 14.6. The molecular weight excluding hydrogens is 737 g/mol. The molecule has 5 heteroatoms. The fraction of sp³-hybridized carbons (Fsp3) is 0. The lowest BCUT2D eigenvalue weighted by molar-refractivity contribution is 1.07. The van der Waals surface area contributed by atoms with Gasteiger partial charge in [-0.1, -0.05) is 194 Å². The summed E-state index contributed by atoms with van der Waals surface area (Å²) < 4.78 is 2.43. The van der Waals surface area contributed by atoms with Crippen molar-refractivity contribution < 1.29 is 0 Å². The minimum absolute atomic E-state index is 0.619. The molecule has 4 nitrogen and oxygen atoms in total. The summed E-state index contributed by atoms with van der Waals surface area (Å²) in [7, 11) is 0. The van der Waals surface area contributed by atoms with Gasteiger partial charge in [0.2, 0.25) is 0 Å². The van der Waals surface area contributed by atoms with Gasteiger partial charge in [-0.3, -0.25) is 0 Å². The first-order valence-corrected chi connectivity index (χ1v) is 20.5. The number of aromatic nitrogens is 4. The van der Waals surface area contributed by atoms with Crippen molar-refractivity contribution in [2.45, 2.75) is 0 Å². The molecule has 0 spiro atoms. The quantitative estimate of drug-likeness (QED) is 0.162. The van der Waals surface area contributed by atoms with Gasteiger partial charge in [0.05, 0.1) is 15.9 Å². The molecule has 0 N–H and O–H groups in total. The molecule has 0 amide bonds. The molecule has 0 saturated carbocycles. The van der Waals surface area contributed by atoms with E-state index in [1.165, 1.54) is 36.9 Å². The average molecular weight is 771 g/mol. The van der Waals surface area contributed by atoms with Gasteiger partial charge in [-0.05, 0) is 45.5 Å². The SMILES string of the molecule is c1ccc(-c2ccc(-c3ccc4c(c3)nc(-c3ccc(-c5nc(-c6ccccc6)nc(-c6ccc(-c7ccccc7)cc6)n5)cc3)c3sc5ccccc5c34)cc2)cc1.